The number of benzene rings is 1. The molecule has 0 aliphatic carbocycles. The molecule has 132 valence electrons. The van der Waals surface area contributed by atoms with E-state index in [1.807, 2.05) is 49.1 Å². The van der Waals surface area contributed by atoms with Gasteiger partial charge in [0.25, 0.3) is 5.91 Å². The molecule has 2 unspecified atom stereocenters. The van der Waals surface area contributed by atoms with Crippen molar-refractivity contribution in [1.82, 2.24) is 10.2 Å². The zero-order chi connectivity index (χ0) is 17.5. The summed E-state index contributed by atoms with van der Waals surface area (Å²) >= 11 is 0. The molecule has 1 heterocycles. The van der Waals surface area contributed by atoms with Gasteiger partial charge < -0.3 is 15.3 Å². The molecule has 0 radical (unpaired) electrons. The fourth-order valence-electron chi connectivity index (χ4n) is 2.93. The van der Waals surface area contributed by atoms with E-state index in [0.717, 1.165) is 6.42 Å². The van der Waals surface area contributed by atoms with Gasteiger partial charge in [-0.2, -0.15) is 0 Å². The van der Waals surface area contributed by atoms with Crippen LogP contribution in [-0.4, -0.2) is 47.6 Å². The topological polar surface area (TPSA) is 69.6 Å². The van der Waals surface area contributed by atoms with Crippen molar-refractivity contribution >= 4 is 11.8 Å². The smallest absolute Gasteiger partial charge is 0.253 e. The van der Waals surface area contributed by atoms with E-state index in [4.69, 9.17) is 0 Å². The lowest BCUT2D eigenvalue weighted by Gasteiger charge is -2.31. The van der Waals surface area contributed by atoms with Gasteiger partial charge >= 0.3 is 0 Å². The second kappa shape index (κ2) is 8.83. The lowest BCUT2D eigenvalue weighted by atomic mass is 9.95. The van der Waals surface area contributed by atoms with Gasteiger partial charge in [-0.1, -0.05) is 38.5 Å². The number of hydrogen-bond acceptors (Lipinski definition) is 3. The Morgan fingerprint density at radius 1 is 1.25 bits per heavy atom. The molecular formula is C19H28N2O3. The third-order valence-corrected chi connectivity index (χ3v) is 4.96. The van der Waals surface area contributed by atoms with E-state index in [1.54, 1.807) is 0 Å². The number of nitrogens with zero attached hydrogens (tertiary/aromatic N) is 1. The molecule has 0 spiro atoms. The van der Waals surface area contributed by atoms with Crippen LogP contribution in [0.15, 0.2) is 30.3 Å². The number of likely N-dealkylation sites (tertiary alicyclic amines) is 1. The number of hydrogen-bond donors (Lipinski definition) is 2. The molecule has 2 amide bonds. The number of rotatable bonds is 6. The normalized spacial score (nSPS) is 18.0. The molecule has 1 fully saturated rings. The molecule has 24 heavy (non-hydrogen) atoms. The summed E-state index contributed by atoms with van der Waals surface area (Å²) in [4.78, 5) is 26.4. The standard InChI is InChI=1S/C19H28N2O3/c1-3-14(2)17(22)13-20-18(23)15-9-11-21(12-10-15)19(24)16-7-5-4-6-8-16/h4-8,14-15,17,22H,3,9-13H2,1-2H3,(H,20,23). The average Bonchev–Trinajstić information content (AvgIpc) is 2.65. The number of carbonyl (C=O) groups is 2. The van der Waals surface area contributed by atoms with Crippen molar-refractivity contribution in [3.05, 3.63) is 35.9 Å². The maximum Gasteiger partial charge on any atom is 0.253 e. The van der Waals surface area contributed by atoms with E-state index in [-0.39, 0.29) is 23.7 Å². The second-order valence-corrected chi connectivity index (χ2v) is 6.63. The fraction of sp³-hybridized carbons (Fsp3) is 0.579. The maximum atomic E-state index is 12.4. The van der Waals surface area contributed by atoms with Crippen LogP contribution < -0.4 is 5.32 Å². The summed E-state index contributed by atoms with van der Waals surface area (Å²) in [6, 6.07) is 9.24. The minimum atomic E-state index is -0.501. The van der Waals surface area contributed by atoms with Crippen LogP contribution >= 0.6 is 0 Å². The summed E-state index contributed by atoms with van der Waals surface area (Å²) in [6.07, 6.45) is 1.73. The highest BCUT2D eigenvalue weighted by Crippen LogP contribution is 2.19. The Kier molecular flexibility index (Phi) is 6.79. The van der Waals surface area contributed by atoms with Gasteiger partial charge in [-0.25, -0.2) is 0 Å². The molecule has 0 aromatic heterocycles. The monoisotopic (exact) mass is 332 g/mol. The Morgan fingerprint density at radius 3 is 2.46 bits per heavy atom. The first-order valence-corrected chi connectivity index (χ1v) is 8.83. The van der Waals surface area contributed by atoms with Crippen LogP contribution in [0.25, 0.3) is 0 Å². The van der Waals surface area contributed by atoms with Crippen molar-refractivity contribution in [2.24, 2.45) is 11.8 Å². The van der Waals surface area contributed by atoms with Crippen molar-refractivity contribution in [1.29, 1.82) is 0 Å². The summed E-state index contributed by atoms with van der Waals surface area (Å²) in [5.74, 6) is 0.121. The van der Waals surface area contributed by atoms with Gasteiger partial charge in [0.15, 0.2) is 0 Å². The van der Waals surface area contributed by atoms with Crippen LogP contribution in [0.1, 0.15) is 43.5 Å². The van der Waals surface area contributed by atoms with E-state index in [1.165, 1.54) is 0 Å². The predicted molar refractivity (Wildman–Crippen MR) is 93.5 cm³/mol. The summed E-state index contributed by atoms with van der Waals surface area (Å²) in [5.41, 5.74) is 0.692. The summed E-state index contributed by atoms with van der Waals surface area (Å²) < 4.78 is 0. The van der Waals surface area contributed by atoms with Crippen LogP contribution in [-0.2, 0) is 4.79 Å². The first-order chi connectivity index (χ1) is 11.5. The minimum absolute atomic E-state index is 0.0100. The first-order valence-electron chi connectivity index (χ1n) is 8.83. The van der Waals surface area contributed by atoms with Crippen LogP contribution in [0.4, 0.5) is 0 Å². The van der Waals surface area contributed by atoms with Crippen LogP contribution in [0.2, 0.25) is 0 Å². The van der Waals surface area contributed by atoms with Gasteiger partial charge in [0, 0.05) is 31.1 Å². The van der Waals surface area contributed by atoms with Gasteiger partial charge in [0.2, 0.25) is 5.91 Å². The van der Waals surface area contributed by atoms with Gasteiger partial charge in [-0.05, 0) is 30.9 Å². The number of aliphatic hydroxyl groups is 1. The molecule has 1 aromatic rings. The Bertz CT molecular complexity index is 539. The Labute approximate surface area is 144 Å². The number of amides is 2. The summed E-state index contributed by atoms with van der Waals surface area (Å²) in [5, 5.41) is 12.8. The molecule has 1 aliphatic heterocycles. The Hall–Kier alpha value is -1.88. The lowest BCUT2D eigenvalue weighted by Crippen LogP contribution is -2.44. The number of carbonyl (C=O) groups excluding carboxylic acids is 2. The molecule has 5 nitrogen and oxygen atoms in total. The SMILES string of the molecule is CCC(C)C(O)CNC(=O)C1CCN(C(=O)c2ccccc2)CC1. The largest absolute Gasteiger partial charge is 0.391 e. The van der Waals surface area contributed by atoms with Gasteiger partial charge in [-0.15, -0.1) is 0 Å². The van der Waals surface area contributed by atoms with Crippen LogP contribution in [0.3, 0.4) is 0 Å². The lowest BCUT2D eigenvalue weighted by molar-refractivity contribution is -0.126. The van der Waals surface area contributed by atoms with Gasteiger partial charge in [0.1, 0.15) is 0 Å². The van der Waals surface area contributed by atoms with Crippen LogP contribution in [0.5, 0.6) is 0 Å². The van der Waals surface area contributed by atoms with Crippen molar-refractivity contribution in [2.75, 3.05) is 19.6 Å². The fourth-order valence-corrected chi connectivity index (χ4v) is 2.93. The average molecular weight is 332 g/mol. The van der Waals surface area contributed by atoms with Crippen LogP contribution in [0, 0.1) is 11.8 Å². The second-order valence-electron chi connectivity index (χ2n) is 6.63. The van der Waals surface area contributed by atoms with E-state index >= 15 is 0 Å². The molecule has 2 atom stereocenters. The highest BCUT2D eigenvalue weighted by Gasteiger charge is 2.28. The van der Waals surface area contributed by atoms with E-state index in [9.17, 15) is 14.7 Å². The molecule has 1 saturated heterocycles. The highest BCUT2D eigenvalue weighted by atomic mass is 16.3. The van der Waals surface area contributed by atoms with Gasteiger partial charge in [0.05, 0.1) is 6.10 Å². The third-order valence-electron chi connectivity index (χ3n) is 4.96. The summed E-state index contributed by atoms with van der Waals surface area (Å²) in [6.45, 7) is 5.50. The minimum Gasteiger partial charge on any atom is -0.391 e. The molecule has 1 aliphatic rings. The van der Waals surface area contributed by atoms with Crippen molar-refractivity contribution in [2.45, 2.75) is 39.2 Å². The van der Waals surface area contributed by atoms with E-state index in [0.29, 0.717) is 38.0 Å². The molecular weight excluding hydrogens is 304 g/mol. The Morgan fingerprint density at radius 2 is 1.88 bits per heavy atom. The first kappa shape index (κ1) is 18.5. The van der Waals surface area contributed by atoms with Crippen molar-refractivity contribution in [3.8, 4) is 0 Å². The zero-order valence-electron chi connectivity index (χ0n) is 14.6. The molecule has 0 saturated carbocycles. The number of nitrogens with one attached hydrogen (secondary N) is 1. The zero-order valence-corrected chi connectivity index (χ0v) is 14.6. The molecule has 1 aromatic carbocycles. The summed E-state index contributed by atoms with van der Waals surface area (Å²) in [7, 11) is 0. The highest BCUT2D eigenvalue weighted by molar-refractivity contribution is 5.94. The van der Waals surface area contributed by atoms with E-state index in [2.05, 4.69) is 5.32 Å². The molecule has 2 rings (SSSR count). The predicted octanol–water partition coefficient (Wildman–Crippen LogP) is 2.06. The number of aliphatic hydroxyl groups excluding tert-OH is 1. The van der Waals surface area contributed by atoms with Crippen molar-refractivity contribution in [3.63, 3.8) is 0 Å². The number of piperidine rings is 1. The third kappa shape index (κ3) is 4.81. The maximum absolute atomic E-state index is 12.4. The molecule has 5 heteroatoms. The van der Waals surface area contributed by atoms with E-state index < -0.39 is 6.10 Å². The molecule has 0 bridgehead atoms. The quantitative estimate of drug-likeness (QED) is 0.838. The van der Waals surface area contributed by atoms with Gasteiger partial charge in [-0.3, -0.25) is 9.59 Å². The van der Waals surface area contributed by atoms with Crippen molar-refractivity contribution < 1.29 is 14.7 Å². The molecule has 2 N–H and O–H groups in total. The Balaban J connectivity index is 1.78.